The van der Waals surface area contributed by atoms with Crippen LogP contribution in [0, 0.1) is 0 Å². The molecule has 0 atom stereocenters. The molecule has 208 valence electrons. The van der Waals surface area contributed by atoms with Gasteiger partial charge in [0, 0.05) is 52.5 Å². The first-order valence-electron chi connectivity index (χ1n) is 12.9. The minimum atomic E-state index is -0.221. The van der Waals surface area contributed by atoms with E-state index in [0.717, 1.165) is 38.2 Å². The number of anilines is 1. The number of nitrogens with zero attached hydrogens (tertiary/aromatic N) is 5. The highest BCUT2D eigenvalue weighted by molar-refractivity contribution is 7.98. The maximum atomic E-state index is 12.9. The van der Waals surface area contributed by atoms with Crippen LogP contribution in [-0.2, 0) is 12.2 Å². The van der Waals surface area contributed by atoms with Crippen LogP contribution in [0.15, 0.2) is 109 Å². The Labute approximate surface area is 260 Å². The Hall–Kier alpha value is -4.02. The van der Waals surface area contributed by atoms with E-state index in [9.17, 15) is 4.79 Å². The van der Waals surface area contributed by atoms with Crippen LogP contribution in [0.25, 0.3) is 17.1 Å². The molecular formula is C31H22Cl2N6OS2. The fourth-order valence-corrected chi connectivity index (χ4v) is 6.38. The van der Waals surface area contributed by atoms with E-state index in [1.54, 1.807) is 36.4 Å². The van der Waals surface area contributed by atoms with E-state index in [1.807, 2.05) is 83.4 Å². The molecule has 11 heteroatoms. The Kier molecular flexibility index (Phi) is 8.62. The van der Waals surface area contributed by atoms with Crippen LogP contribution < -0.4 is 5.32 Å². The third-order valence-electron chi connectivity index (χ3n) is 6.34. The summed E-state index contributed by atoms with van der Waals surface area (Å²) in [7, 11) is 0. The van der Waals surface area contributed by atoms with Crippen LogP contribution in [0.4, 0.5) is 5.13 Å². The number of pyridine rings is 1. The number of amides is 1. The Balaban J connectivity index is 1.11. The normalized spacial score (nSPS) is 11.0. The van der Waals surface area contributed by atoms with Gasteiger partial charge in [0.15, 0.2) is 16.1 Å². The van der Waals surface area contributed by atoms with E-state index >= 15 is 0 Å². The highest BCUT2D eigenvalue weighted by Crippen LogP contribution is 2.31. The number of carbonyl (C=O) groups excluding carboxylic acids is 1. The van der Waals surface area contributed by atoms with Crippen LogP contribution >= 0.6 is 46.3 Å². The number of hydrogen-bond acceptors (Lipinski definition) is 7. The lowest BCUT2D eigenvalue weighted by atomic mass is 10.1. The van der Waals surface area contributed by atoms with Crippen molar-refractivity contribution < 1.29 is 4.79 Å². The number of nitrogens with one attached hydrogen (secondary N) is 1. The van der Waals surface area contributed by atoms with Crippen molar-refractivity contribution in [2.24, 2.45) is 0 Å². The average Bonchev–Trinajstić information content (AvgIpc) is 3.66. The third-order valence-corrected chi connectivity index (χ3v) is 9.11. The van der Waals surface area contributed by atoms with Crippen LogP contribution in [0.1, 0.15) is 26.4 Å². The lowest BCUT2D eigenvalue weighted by Gasteiger charge is -2.10. The van der Waals surface area contributed by atoms with E-state index in [4.69, 9.17) is 23.2 Å². The Morgan fingerprint density at radius 1 is 0.905 bits per heavy atom. The number of carbonyl (C=O) groups is 1. The zero-order valence-electron chi connectivity index (χ0n) is 21.9. The summed E-state index contributed by atoms with van der Waals surface area (Å²) in [6, 6.07) is 26.9. The number of hydrogen-bond donors (Lipinski definition) is 1. The molecule has 3 heterocycles. The Morgan fingerprint density at radius 2 is 1.69 bits per heavy atom. The molecule has 0 aliphatic heterocycles. The van der Waals surface area contributed by atoms with Crippen molar-refractivity contribution in [1.82, 2.24) is 24.7 Å². The zero-order chi connectivity index (χ0) is 28.9. The van der Waals surface area contributed by atoms with Gasteiger partial charge in [0.25, 0.3) is 5.91 Å². The molecule has 0 aliphatic carbocycles. The molecule has 6 rings (SSSR count). The summed E-state index contributed by atoms with van der Waals surface area (Å²) < 4.78 is 2.05. The number of thiazole rings is 1. The number of aromatic nitrogens is 5. The van der Waals surface area contributed by atoms with E-state index in [2.05, 4.69) is 25.5 Å². The predicted octanol–water partition coefficient (Wildman–Crippen LogP) is 8.23. The second-order valence-corrected chi connectivity index (χ2v) is 12.0. The standard InChI is InChI=1S/C31H22Cl2N6OS2/c32-26-8-4-5-23(27(26)33)17-25-18-35-30(42-25)36-29(40)22-11-9-20(10-12-22)19-41-31-38-37-28(21-13-15-34-16-14-21)39(31)24-6-2-1-3-7-24/h1-16,18H,17,19H2,(H,35,36,40). The van der Waals surface area contributed by atoms with Crippen molar-refractivity contribution in [2.75, 3.05) is 5.32 Å². The Morgan fingerprint density at radius 3 is 2.48 bits per heavy atom. The van der Waals surface area contributed by atoms with Crippen molar-refractivity contribution in [1.29, 1.82) is 0 Å². The maximum absolute atomic E-state index is 12.9. The largest absolute Gasteiger partial charge is 0.298 e. The fraction of sp³-hybridized carbons (Fsp3) is 0.0645. The molecule has 7 nitrogen and oxygen atoms in total. The second kappa shape index (κ2) is 12.9. The topological polar surface area (TPSA) is 85.6 Å². The molecule has 1 amide bonds. The van der Waals surface area contributed by atoms with Gasteiger partial charge in [-0.25, -0.2) is 4.98 Å². The first-order valence-corrected chi connectivity index (χ1v) is 15.4. The SMILES string of the molecule is O=C(Nc1ncc(Cc2cccc(Cl)c2Cl)s1)c1ccc(CSc2nnc(-c3ccncc3)n2-c2ccccc2)cc1. The van der Waals surface area contributed by atoms with Gasteiger partial charge in [-0.1, -0.05) is 77.4 Å². The smallest absolute Gasteiger partial charge is 0.257 e. The highest BCUT2D eigenvalue weighted by Gasteiger charge is 2.17. The van der Waals surface area contributed by atoms with Gasteiger partial charge in [0.1, 0.15) is 0 Å². The molecule has 0 aliphatic rings. The van der Waals surface area contributed by atoms with Gasteiger partial charge in [-0.3, -0.25) is 19.7 Å². The lowest BCUT2D eigenvalue weighted by Crippen LogP contribution is -2.11. The molecular weight excluding hydrogens is 607 g/mol. The fourth-order valence-electron chi connectivity index (χ4n) is 4.25. The lowest BCUT2D eigenvalue weighted by molar-refractivity contribution is 0.102. The van der Waals surface area contributed by atoms with Crippen LogP contribution in [-0.4, -0.2) is 30.6 Å². The minimum Gasteiger partial charge on any atom is -0.298 e. The van der Waals surface area contributed by atoms with Crippen LogP contribution in [0.3, 0.4) is 0 Å². The average molecular weight is 630 g/mol. The monoisotopic (exact) mass is 628 g/mol. The number of halogens is 2. The van der Waals surface area contributed by atoms with Gasteiger partial charge in [-0.05, 0) is 53.6 Å². The van der Waals surface area contributed by atoms with Crippen LogP contribution in [0.2, 0.25) is 10.0 Å². The van der Waals surface area contributed by atoms with Crippen molar-refractivity contribution in [3.8, 4) is 17.1 Å². The van der Waals surface area contributed by atoms with Gasteiger partial charge < -0.3 is 0 Å². The van der Waals surface area contributed by atoms with Crippen molar-refractivity contribution in [3.63, 3.8) is 0 Å². The molecule has 0 radical (unpaired) electrons. The molecule has 0 fully saturated rings. The first kappa shape index (κ1) is 28.1. The highest BCUT2D eigenvalue weighted by atomic mass is 35.5. The van der Waals surface area contributed by atoms with E-state index < -0.39 is 0 Å². The van der Waals surface area contributed by atoms with Crippen molar-refractivity contribution >= 4 is 57.3 Å². The molecule has 0 saturated carbocycles. The molecule has 0 bridgehead atoms. The summed E-state index contributed by atoms with van der Waals surface area (Å²) in [5.74, 6) is 1.19. The van der Waals surface area contributed by atoms with E-state index in [0.29, 0.717) is 32.9 Å². The molecule has 1 N–H and O–H groups in total. The zero-order valence-corrected chi connectivity index (χ0v) is 25.1. The van der Waals surface area contributed by atoms with Gasteiger partial charge >= 0.3 is 0 Å². The summed E-state index contributed by atoms with van der Waals surface area (Å²) in [5.41, 5.74) is 4.43. The van der Waals surface area contributed by atoms with E-state index in [1.165, 1.54) is 11.3 Å². The quantitative estimate of drug-likeness (QED) is 0.162. The summed E-state index contributed by atoms with van der Waals surface area (Å²) >= 11 is 15.4. The van der Waals surface area contributed by atoms with E-state index in [-0.39, 0.29) is 5.91 Å². The first-order chi connectivity index (χ1) is 20.5. The number of rotatable bonds is 9. The number of benzene rings is 3. The van der Waals surface area contributed by atoms with Crippen LogP contribution in [0.5, 0.6) is 0 Å². The molecule has 0 spiro atoms. The summed E-state index contributed by atoms with van der Waals surface area (Å²) in [6.07, 6.45) is 5.82. The molecule has 0 unspecified atom stereocenters. The summed E-state index contributed by atoms with van der Waals surface area (Å²) in [6.45, 7) is 0. The molecule has 6 aromatic rings. The number of thioether (sulfide) groups is 1. The molecule has 3 aromatic carbocycles. The van der Waals surface area contributed by atoms with Gasteiger partial charge in [0.2, 0.25) is 0 Å². The maximum Gasteiger partial charge on any atom is 0.257 e. The third kappa shape index (κ3) is 6.39. The molecule has 42 heavy (non-hydrogen) atoms. The molecule has 0 saturated heterocycles. The Bertz CT molecular complexity index is 1830. The summed E-state index contributed by atoms with van der Waals surface area (Å²) in [4.78, 5) is 22.3. The predicted molar refractivity (Wildman–Crippen MR) is 170 cm³/mol. The molecule has 3 aromatic heterocycles. The van der Waals surface area contributed by atoms with Gasteiger partial charge in [0.05, 0.1) is 10.0 Å². The second-order valence-electron chi connectivity index (χ2n) is 9.17. The minimum absolute atomic E-state index is 0.221. The van der Waals surface area contributed by atoms with Crippen molar-refractivity contribution in [3.05, 3.63) is 135 Å². The number of para-hydroxylation sites is 1. The van der Waals surface area contributed by atoms with Gasteiger partial charge in [-0.15, -0.1) is 21.5 Å². The van der Waals surface area contributed by atoms with Crippen molar-refractivity contribution in [2.45, 2.75) is 17.3 Å². The summed E-state index contributed by atoms with van der Waals surface area (Å²) in [5, 5.41) is 14.2. The van der Waals surface area contributed by atoms with Gasteiger partial charge in [-0.2, -0.15) is 0 Å².